The van der Waals surface area contributed by atoms with Crippen molar-refractivity contribution in [1.82, 2.24) is 0 Å². The lowest BCUT2D eigenvalue weighted by Gasteiger charge is -2.10. The average Bonchev–Trinajstić information content (AvgIpc) is 2.42. The standard InChI is InChI=1S/C13H8Cl2N2O2S/c14-11-2-1-3-12(13(11)15)20(18,19)17-10-6-4-9(8-16)5-7-10/h1-7,17H. The van der Waals surface area contributed by atoms with E-state index in [1.807, 2.05) is 6.07 Å². The van der Waals surface area contributed by atoms with Crippen LogP contribution in [0.15, 0.2) is 47.4 Å². The summed E-state index contributed by atoms with van der Waals surface area (Å²) >= 11 is 11.7. The monoisotopic (exact) mass is 326 g/mol. The molecule has 0 aliphatic rings. The van der Waals surface area contributed by atoms with Gasteiger partial charge in [0.2, 0.25) is 0 Å². The van der Waals surface area contributed by atoms with Crippen molar-refractivity contribution < 1.29 is 8.42 Å². The number of nitrogens with one attached hydrogen (secondary N) is 1. The molecule has 0 amide bonds. The maximum absolute atomic E-state index is 12.2. The molecule has 0 spiro atoms. The Morgan fingerprint density at radius 3 is 2.30 bits per heavy atom. The van der Waals surface area contributed by atoms with E-state index in [9.17, 15) is 8.42 Å². The molecule has 0 atom stereocenters. The Hall–Kier alpha value is -1.74. The van der Waals surface area contributed by atoms with E-state index in [1.165, 1.54) is 42.5 Å². The van der Waals surface area contributed by atoms with Crippen LogP contribution in [0, 0.1) is 11.3 Å². The molecule has 0 unspecified atom stereocenters. The predicted molar refractivity (Wildman–Crippen MR) is 78.4 cm³/mol. The Labute approximate surface area is 126 Å². The van der Waals surface area contributed by atoms with E-state index in [1.54, 1.807) is 0 Å². The van der Waals surface area contributed by atoms with Crippen molar-refractivity contribution in [3.63, 3.8) is 0 Å². The highest BCUT2D eigenvalue weighted by Crippen LogP contribution is 2.30. The van der Waals surface area contributed by atoms with E-state index in [0.717, 1.165) is 0 Å². The first-order chi connectivity index (χ1) is 9.44. The quantitative estimate of drug-likeness (QED) is 0.935. The molecular formula is C13H8Cl2N2O2S. The van der Waals surface area contributed by atoms with Crippen LogP contribution in [-0.4, -0.2) is 8.42 Å². The molecule has 102 valence electrons. The summed E-state index contributed by atoms with van der Waals surface area (Å²) in [6.45, 7) is 0. The number of nitrogens with zero attached hydrogens (tertiary/aromatic N) is 1. The van der Waals surface area contributed by atoms with Gasteiger partial charge in [0.15, 0.2) is 0 Å². The van der Waals surface area contributed by atoms with Crippen molar-refractivity contribution in [2.45, 2.75) is 4.90 Å². The van der Waals surface area contributed by atoms with E-state index in [-0.39, 0.29) is 14.9 Å². The molecule has 2 rings (SSSR count). The van der Waals surface area contributed by atoms with Gasteiger partial charge in [-0.3, -0.25) is 4.72 Å². The van der Waals surface area contributed by atoms with Crippen LogP contribution in [0.5, 0.6) is 0 Å². The van der Waals surface area contributed by atoms with E-state index >= 15 is 0 Å². The summed E-state index contributed by atoms with van der Waals surface area (Å²) in [6, 6.07) is 12.3. The SMILES string of the molecule is N#Cc1ccc(NS(=O)(=O)c2cccc(Cl)c2Cl)cc1. The third-order valence-corrected chi connectivity index (χ3v) is 4.83. The fourth-order valence-corrected chi connectivity index (χ4v) is 3.34. The molecule has 0 aliphatic heterocycles. The number of sulfonamides is 1. The average molecular weight is 327 g/mol. The Kier molecular flexibility index (Phi) is 4.19. The van der Waals surface area contributed by atoms with Crippen molar-refractivity contribution in [3.8, 4) is 6.07 Å². The molecule has 0 heterocycles. The fraction of sp³-hybridized carbons (Fsp3) is 0. The van der Waals surface area contributed by atoms with Gasteiger partial charge < -0.3 is 0 Å². The fourth-order valence-electron chi connectivity index (χ4n) is 1.51. The highest BCUT2D eigenvalue weighted by Gasteiger charge is 2.19. The molecule has 0 saturated carbocycles. The van der Waals surface area contributed by atoms with Crippen molar-refractivity contribution in [3.05, 3.63) is 58.1 Å². The van der Waals surface area contributed by atoms with Crippen molar-refractivity contribution in [1.29, 1.82) is 5.26 Å². The lowest BCUT2D eigenvalue weighted by Crippen LogP contribution is -2.13. The van der Waals surface area contributed by atoms with E-state index in [0.29, 0.717) is 11.3 Å². The van der Waals surface area contributed by atoms with Gasteiger partial charge in [0, 0.05) is 5.69 Å². The zero-order valence-corrected chi connectivity index (χ0v) is 12.3. The summed E-state index contributed by atoms with van der Waals surface area (Å²) in [5.74, 6) is 0. The molecule has 1 N–H and O–H groups in total. The first-order valence-electron chi connectivity index (χ1n) is 5.41. The molecule has 2 aromatic rings. The molecule has 0 radical (unpaired) electrons. The highest BCUT2D eigenvalue weighted by molar-refractivity contribution is 7.92. The number of rotatable bonds is 3. The molecule has 4 nitrogen and oxygen atoms in total. The molecule has 2 aromatic carbocycles. The third kappa shape index (κ3) is 3.05. The normalized spacial score (nSPS) is 10.8. The van der Waals surface area contributed by atoms with Crippen LogP contribution in [-0.2, 0) is 10.0 Å². The molecular weight excluding hydrogens is 319 g/mol. The molecule has 0 bridgehead atoms. The van der Waals surface area contributed by atoms with Gasteiger partial charge in [-0.25, -0.2) is 8.42 Å². The van der Waals surface area contributed by atoms with Crippen molar-refractivity contribution in [2.75, 3.05) is 4.72 Å². The Balaban J connectivity index is 2.36. The second-order valence-corrected chi connectivity index (χ2v) is 6.28. The molecule has 20 heavy (non-hydrogen) atoms. The van der Waals surface area contributed by atoms with E-state index < -0.39 is 10.0 Å². The largest absolute Gasteiger partial charge is 0.280 e. The van der Waals surface area contributed by atoms with Gasteiger partial charge in [0.25, 0.3) is 10.0 Å². The van der Waals surface area contributed by atoms with Crippen LogP contribution in [0.4, 0.5) is 5.69 Å². The maximum atomic E-state index is 12.2. The highest BCUT2D eigenvalue weighted by atomic mass is 35.5. The first kappa shape index (κ1) is 14.7. The second kappa shape index (κ2) is 5.71. The number of halogens is 2. The van der Waals surface area contributed by atoms with Gasteiger partial charge in [-0.1, -0.05) is 29.3 Å². The number of benzene rings is 2. The van der Waals surface area contributed by atoms with Crippen LogP contribution in [0.25, 0.3) is 0 Å². The minimum atomic E-state index is -3.84. The second-order valence-electron chi connectivity index (χ2n) is 3.85. The van der Waals surface area contributed by atoms with Gasteiger partial charge in [0.1, 0.15) is 4.90 Å². The summed E-state index contributed by atoms with van der Waals surface area (Å²) in [5, 5.41) is 8.81. The zero-order chi connectivity index (χ0) is 14.8. The summed E-state index contributed by atoms with van der Waals surface area (Å²) < 4.78 is 26.8. The van der Waals surface area contributed by atoms with E-state index in [2.05, 4.69) is 4.72 Å². The number of nitriles is 1. The molecule has 0 saturated heterocycles. The van der Waals surface area contributed by atoms with Gasteiger partial charge >= 0.3 is 0 Å². The van der Waals surface area contributed by atoms with Crippen molar-refractivity contribution in [2.24, 2.45) is 0 Å². The maximum Gasteiger partial charge on any atom is 0.263 e. The summed E-state index contributed by atoms with van der Waals surface area (Å²) in [7, 11) is -3.84. The predicted octanol–water partition coefficient (Wildman–Crippen LogP) is 3.67. The minimum Gasteiger partial charge on any atom is -0.280 e. The Bertz CT molecular complexity index is 781. The van der Waals surface area contributed by atoms with Crippen LogP contribution < -0.4 is 4.72 Å². The topological polar surface area (TPSA) is 70.0 Å². The number of hydrogen-bond donors (Lipinski definition) is 1. The van der Waals surface area contributed by atoms with Gasteiger partial charge in [-0.2, -0.15) is 5.26 Å². The van der Waals surface area contributed by atoms with Crippen LogP contribution in [0.1, 0.15) is 5.56 Å². The molecule has 0 aliphatic carbocycles. The molecule has 0 aromatic heterocycles. The molecule has 0 fully saturated rings. The minimum absolute atomic E-state index is 0.0321. The van der Waals surface area contributed by atoms with Crippen molar-refractivity contribution >= 4 is 38.9 Å². The third-order valence-electron chi connectivity index (χ3n) is 2.47. The molecule has 7 heteroatoms. The Morgan fingerprint density at radius 2 is 1.70 bits per heavy atom. The Morgan fingerprint density at radius 1 is 1.05 bits per heavy atom. The van der Waals surface area contributed by atoms with Crippen LogP contribution >= 0.6 is 23.2 Å². The lowest BCUT2D eigenvalue weighted by atomic mass is 10.2. The van der Waals surface area contributed by atoms with Crippen LogP contribution in [0.3, 0.4) is 0 Å². The number of anilines is 1. The summed E-state index contributed by atoms with van der Waals surface area (Å²) in [5.41, 5.74) is 0.772. The first-order valence-corrected chi connectivity index (χ1v) is 7.65. The zero-order valence-electron chi connectivity index (χ0n) is 9.97. The van der Waals surface area contributed by atoms with Gasteiger partial charge in [-0.15, -0.1) is 0 Å². The number of hydrogen-bond acceptors (Lipinski definition) is 3. The summed E-state index contributed by atoms with van der Waals surface area (Å²) in [4.78, 5) is -0.101. The summed E-state index contributed by atoms with van der Waals surface area (Å²) in [6.07, 6.45) is 0. The van der Waals surface area contributed by atoms with Gasteiger partial charge in [-0.05, 0) is 36.4 Å². The smallest absolute Gasteiger partial charge is 0.263 e. The van der Waals surface area contributed by atoms with Crippen LogP contribution in [0.2, 0.25) is 10.0 Å². The lowest BCUT2D eigenvalue weighted by molar-refractivity contribution is 0.601. The van der Waals surface area contributed by atoms with E-state index in [4.69, 9.17) is 28.5 Å². The van der Waals surface area contributed by atoms with Gasteiger partial charge in [0.05, 0.1) is 21.7 Å².